The smallest absolute Gasteiger partial charge is 0.409 e. The molecule has 22 heavy (non-hydrogen) atoms. The van der Waals surface area contributed by atoms with E-state index in [9.17, 15) is 14.3 Å². The van der Waals surface area contributed by atoms with Crippen LogP contribution in [0.4, 0.5) is 9.18 Å². The second-order valence-electron chi connectivity index (χ2n) is 5.49. The third-order valence-electron chi connectivity index (χ3n) is 4.07. The van der Waals surface area contributed by atoms with Crippen molar-refractivity contribution in [2.24, 2.45) is 0 Å². The average Bonchev–Trinajstić information content (AvgIpc) is 2.48. The Hall–Kier alpha value is -1.66. The van der Waals surface area contributed by atoms with Gasteiger partial charge in [0.25, 0.3) is 0 Å². The first kappa shape index (κ1) is 16.7. The topological polar surface area (TPSA) is 70.0 Å². The third-order valence-corrected chi connectivity index (χ3v) is 4.07. The molecule has 0 radical (unpaired) electrons. The van der Waals surface area contributed by atoms with Crippen LogP contribution in [0.2, 0.25) is 0 Å². The van der Waals surface area contributed by atoms with Gasteiger partial charge in [-0.25, -0.2) is 9.18 Å². The van der Waals surface area contributed by atoms with Gasteiger partial charge in [-0.05, 0) is 49.4 Å². The lowest BCUT2D eigenvalue weighted by Gasteiger charge is -2.39. The molecule has 1 heterocycles. The predicted molar refractivity (Wildman–Crippen MR) is 78.9 cm³/mol. The summed E-state index contributed by atoms with van der Waals surface area (Å²) in [5, 5.41) is 20.0. The normalized spacial score (nSPS) is 17.4. The van der Waals surface area contributed by atoms with Crippen molar-refractivity contribution in [3.8, 4) is 0 Å². The van der Waals surface area contributed by atoms with Crippen LogP contribution in [0.3, 0.4) is 0 Å². The van der Waals surface area contributed by atoms with Crippen molar-refractivity contribution in [2.45, 2.75) is 31.8 Å². The van der Waals surface area contributed by atoms with Gasteiger partial charge < -0.3 is 19.8 Å². The molecule has 1 amide bonds. The molecule has 1 aliphatic heterocycles. The van der Waals surface area contributed by atoms with Crippen LogP contribution >= 0.6 is 0 Å². The van der Waals surface area contributed by atoms with Crippen molar-refractivity contribution >= 4 is 6.09 Å². The summed E-state index contributed by atoms with van der Waals surface area (Å²) in [7, 11) is 0. The molecule has 6 heteroatoms. The van der Waals surface area contributed by atoms with E-state index < -0.39 is 5.60 Å². The van der Waals surface area contributed by atoms with Crippen molar-refractivity contribution < 1.29 is 24.1 Å². The van der Waals surface area contributed by atoms with Crippen molar-refractivity contribution in [3.05, 3.63) is 35.1 Å². The second kappa shape index (κ2) is 7.07. The largest absolute Gasteiger partial charge is 0.450 e. The Morgan fingerprint density at radius 3 is 2.68 bits per heavy atom. The van der Waals surface area contributed by atoms with Crippen LogP contribution in [0.25, 0.3) is 0 Å². The number of hydrogen-bond donors (Lipinski definition) is 2. The highest BCUT2D eigenvalue weighted by Gasteiger charge is 2.37. The highest BCUT2D eigenvalue weighted by Crippen LogP contribution is 2.35. The van der Waals surface area contributed by atoms with Crippen molar-refractivity contribution in [1.82, 2.24) is 4.90 Å². The third kappa shape index (κ3) is 3.56. The Balaban J connectivity index is 2.15. The summed E-state index contributed by atoms with van der Waals surface area (Å²) in [6.07, 6.45) is 0.627. The SMILES string of the molecule is CCOC(=O)N1CCC(O)(c2ccc(F)cc2CCO)CC1. The maximum absolute atomic E-state index is 13.4. The first-order valence-corrected chi connectivity index (χ1v) is 7.54. The zero-order valence-electron chi connectivity index (χ0n) is 12.7. The van der Waals surface area contributed by atoms with Gasteiger partial charge >= 0.3 is 6.09 Å². The number of carbonyl (C=O) groups is 1. The fourth-order valence-electron chi connectivity index (χ4n) is 2.89. The summed E-state index contributed by atoms with van der Waals surface area (Å²) in [4.78, 5) is 13.3. The minimum atomic E-state index is -1.11. The van der Waals surface area contributed by atoms with Gasteiger partial charge in [-0.2, -0.15) is 0 Å². The molecule has 2 rings (SSSR count). The molecule has 0 aromatic heterocycles. The van der Waals surface area contributed by atoms with Gasteiger partial charge in [0, 0.05) is 19.7 Å². The maximum Gasteiger partial charge on any atom is 0.409 e. The first-order valence-electron chi connectivity index (χ1n) is 7.54. The van der Waals surface area contributed by atoms with Crippen LogP contribution in [0.15, 0.2) is 18.2 Å². The van der Waals surface area contributed by atoms with E-state index in [0.29, 0.717) is 43.7 Å². The number of nitrogens with zero attached hydrogens (tertiary/aromatic N) is 1. The number of aliphatic hydroxyl groups excluding tert-OH is 1. The fourth-order valence-corrected chi connectivity index (χ4v) is 2.89. The summed E-state index contributed by atoms with van der Waals surface area (Å²) in [6, 6.07) is 4.23. The molecule has 1 aliphatic rings. The molecule has 0 bridgehead atoms. The summed E-state index contributed by atoms with van der Waals surface area (Å²) < 4.78 is 18.3. The molecule has 0 unspecified atom stereocenters. The van der Waals surface area contributed by atoms with Gasteiger partial charge in [0.1, 0.15) is 5.82 Å². The molecule has 1 aromatic carbocycles. The van der Waals surface area contributed by atoms with Crippen molar-refractivity contribution in [3.63, 3.8) is 0 Å². The molecule has 5 nitrogen and oxygen atoms in total. The zero-order chi connectivity index (χ0) is 16.2. The van der Waals surface area contributed by atoms with Crippen LogP contribution in [0.1, 0.15) is 30.9 Å². The molecule has 1 saturated heterocycles. The van der Waals surface area contributed by atoms with Gasteiger partial charge in [0.2, 0.25) is 0 Å². The fraction of sp³-hybridized carbons (Fsp3) is 0.562. The van der Waals surface area contributed by atoms with E-state index in [1.807, 2.05) is 0 Å². The van der Waals surface area contributed by atoms with Crippen molar-refractivity contribution in [2.75, 3.05) is 26.3 Å². The van der Waals surface area contributed by atoms with Gasteiger partial charge in [-0.15, -0.1) is 0 Å². The minimum Gasteiger partial charge on any atom is -0.450 e. The number of amides is 1. The highest BCUT2D eigenvalue weighted by molar-refractivity contribution is 5.67. The van der Waals surface area contributed by atoms with Crippen LogP contribution in [0.5, 0.6) is 0 Å². The molecular formula is C16H22FNO4. The Morgan fingerprint density at radius 2 is 2.09 bits per heavy atom. The summed E-state index contributed by atoms with van der Waals surface area (Å²) in [6.45, 7) is 2.72. The second-order valence-corrected chi connectivity index (χ2v) is 5.49. The minimum absolute atomic E-state index is 0.110. The van der Waals surface area contributed by atoms with E-state index in [4.69, 9.17) is 9.84 Å². The van der Waals surface area contributed by atoms with Gasteiger partial charge in [0.15, 0.2) is 0 Å². The number of ether oxygens (including phenoxy) is 1. The number of piperidine rings is 1. The van der Waals surface area contributed by atoms with Gasteiger partial charge in [-0.1, -0.05) is 6.07 Å². The van der Waals surface area contributed by atoms with Crippen LogP contribution in [-0.2, 0) is 16.8 Å². The van der Waals surface area contributed by atoms with E-state index in [0.717, 1.165) is 0 Å². The molecule has 1 aromatic rings. The molecular weight excluding hydrogens is 289 g/mol. The van der Waals surface area contributed by atoms with Crippen LogP contribution in [0, 0.1) is 5.82 Å². The van der Waals surface area contributed by atoms with Crippen molar-refractivity contribution in [1.29, 1.82) is 0 Å². The Labute approximate surface area is 129 Å². The number of carbonyl (C=O) groups excluding carboxylic acids is 1. The number of rotatable bonds is 4. The quantitative estimate of drug-likeness (QED) is 0.889. The van der Waals surface area contributed by atoms with E-state index in [1.165, 1.54) is 12.1 Å². The highest BCUT2D eigenvalue weighted by atomic mass is 19.1. The predicted octanol–water partition coefficient (Wildman–Crippen LogP) is 1.80. The Morgan fingerprint density at radius 1 is 1.41 bits per heavy atom. The summed E-state index contributed by atoms with van der Waals surface area (Å²) >= 11 is 0. The summed E-state index contributed by atoms with van der Waals surface area (Å²) in [5.41, 5.74) is 0.127. The maximum atomic E-state index is 13.4. The number of hydrogen-bond acceptors (Lipinski definition) is 4. The zero-order valence-corrected chi connectivity index (χ0v) is 12.7. The molecule has 0 spiro atoms. The van der Waals surface area contributed by atoms with Gasteiger partial charge in [-0.3, -0.25) is 0 Å². The number of halogens is 1. The lowest BCUT2D eigenvalue weighted by Crippen LogP contribution is -2.45. The average molecular weight is 311 g/mol. The Kier molecular flexibility index (Phi) is 5.37. The molecule has 122 valence electrons. The molecule has 0 aliphatic carbocycles. The van der Waals surface area contributed by atoms with E-state index in [1.54, 1.807) is 17.9 Å². The standard InChI is InChI=1S/C16H22FNO4/c1-2-22-15(20)18-8-6-16(21,7-9-18)14-4-3-13(17)11-12(14)5-10-19/h3-4,11,19,21H,2,5-10H2,1H3. The lowest BCUT2D eigenvalue weighted by atomic mass is 9.81. The first-order chi connectivity index (χ1) is 10.5. The van der Waals surface area contributed by atoms with E-state index >= 15 is 0 Å². The number of benzene rings is 1. The summed E-state index contributed by atoms with van der Waals surface area (Å²) in [5.74, 6) is -0.389. The van der Waals surface area contributed by atoms with E-state index in [-0.39, 0.29) is 24.9 Å². The number of likely N-dealkylation sites (tertiary alicyclic amines) is 1. The lowest BCUT2D eigenvalue weighted by molar-refractivity contribution is -0.0251. The molecule has 2 N–H and O–H groups in total. The van der Waals surface area contributed by atoms with Gasteiger partial charge in [0.05, 0.1) is 12.2 Å². The molecule has 0 atom stereocenters. The Bertz CT molecular complexity index is 527. The van der Waals surface area contributed by atoms with Crippen LogP contribution < -0.4 is 0 Å². The number of aliphatic hydroxyl groups is 2. The molecule has 1 fully saturated rings. The monoisotopic (exact) mass is 311 g/mol. The van der Waals surface area contributed by atoms with E-state index in [2.05, 4.69) is 0 Å². The van der Waals surface area contributed by atoms with Crippen LogP contribution in [-0.4, -0.2) is 47.5 Å². The molecule has 0 saturated carbocycles.